The zero-order chi connectivity index (χ0) is 43.7. The van der Waals surface area contributed by atoms with Crippen LogP contribution in [0.1, 0.15) is 167 Å². The Morgan fingerprint density at radius 3 is 1.87 bits per heavy atom. The number of nitrogens with zero attached hydrogens (tertiary/aromatic N) is 3. The third kappa shape index (κ3) is 13.0. The van der Waals surface area contributed by atoms with E-state index < -0.39 is 22.8 Å². The molecule has 2 heterocycles. The Morgan fingerprint density at radius 2 is 1.30 bits per heavy atom. The predicted molar refractivity (Wildman–Crippen MR) is 250 cm³/mol. The van der Waals surface area contributed by atoms with Crippen LogP contribution in [0.15, 0.2) is 65.9 Å². The van der Waals surface area contributed by atoms with E-state index in [0.717, 1.165) is 78.9 Å². The van der Waals surface area contributed by atoms with E-state index >= 15 is 0 Å². The standard InChI is InChI=1S/C50H66Cl3N3O4/c1-5-7-9-11-13-15-17-19-29-49(3)39-33-38(51)23-24-43(39)55(31-27-47(57)58)45(49)25-21-37(36-54)22-26-46-50(4,30-20-18-16-14-12-10-8-6-2)40-34-41(52)42(53)35-44(40)56(46)32-28-48(59)60/h21-26,33-35H,5-20,27-32H2,1-4H3,(H-,57,58,59,60)/p+1. The van der Waals surface area contributed by atoms with E-state index in [0.29, 0.717) is 20.6 Å². The number of unbranched alkanes of at least 4 members (excludes halogenated alkanes) is 14. The molecular formula is C50H67Cl3N3O4+. The van der Waals surface area contributed by atoms with Gasteiger partial charge in [0, 0.05) is 46.1 Å². The monoisotopic (exact) mass is 878 g/mol. The van der Waals surface area contributed by atoms with Gasteiger partial charge in [-0.05, 0) is 74.7 Å². The number of benzene rings is 2. The highest BCUT2D eigenvalue weighted by Gasteiger charge is 2.48. The Kier molecular flexibility index (Phi) is 19.8. The summed E-state index contributed by atoms with van der Waals surface area (Å²) in [5.74, 6) is -1.78. The summed E-state index contributed by atoms with van der Waals surface area (Å²) < 4.78 is 2.03. The van der Waals surface area contributed by atoms with E-state index in [4.69, 9.17) is 34.8 Å². The molecule has 0 saturated carbocycles. The van der Waals surface area contributed by atoms with E-state index in [1.807, 2.05) is 59.2 Å². The summed E-state index contributed by atoms with van der Waals surface area (Å²) >= 11 is 19.9. The van der Waals surface area contributed by atoms with Crippen molar-refractivity contribution in [2.24, 2.45) is 0 Å². The fraction of sp³-hybridized carbons (Fsp3) is 0.560. The fourth-order valence-corrected chi connectivity index (χ4v) is 9.67. The second-order valence-electron chi connectivity index (χ2n) is 17.2. The molecule has 2 atom stereocenters. The van der Waals surface area contributed by atoms with E-state index in [1.54, 1.807) is 0 Å². The van der Waals surface area contributed by atoms with Crippen molar-refractivity contribution >= 4 is 63.8 Å². The Bertz CT molecular complexity index is 1960. The molecule has 2 unspecified atom stereocenters. The first-order valence-electron chi connectivity index (χ1n) is 22.5. The number of hydrogen-bond acceptors (Lipinski definition) is 4. The van der Waals surface area contributed by atoms with E-state index in [9.17, 15) is 25.1 Å². The number of hydrogen-bond donors (Lipinski definition) is 2. The molecule has 326 valence electrons. The molecular weight excluding hydrogens is 813 g/mol. The highest BCUT2D eigenvalue weighted by atomic mass is 35.5. The maximum atomic E-state index is 11.9. The van der Waals surface area contributed by atoms with Gasteiger partial charge in [-0.15, -0.1) is 0 Å². The van der Waals surface area contributed by atoms with E-state index in [1.165, 1.54) is 70.6 Å². The minimum atomic E-state index is -0.901. The van der Waals surface area contributed by atoms with Crippen molar-refractivity contribution < 1.29 is 24.4 Å². The van der Waals surface area contributed by atoms with Crippen LogP contribution in [0.5, 0.6) is 0 Å². The summed E-state index contributed by atoms with van der Waals surface area (Å²) in [6, 6.07) is 12.0. The number of carboxylic acid groups (broad SMARTS) is 2. The number of carboxylic acids is 2. The maximum Gasteiger partial charge on any atom is 0.309 e. The summed E-state index contributed by atoms with van der Waals surface area (Å²) in [7, 11) is 0. The molecule has 0 radical (unpaired) electrons. The third-order valence-electron chi connectivity index (χ3n) is 12.6. The molecule has 10 heteroatoms. The number of carbonyl (C=O) groups is 2. The molecule has 0 amide bonds. The molecule has 4 rings (SSSR count). The molecule has 0 aliphatic carbocycles. The number of nitriles is 1. The smallest absolute Gasteiger partial charge is 0.309 e. The molecule has 0 saturated heterocycles. The van der Waals surface area contributed by atoms with Gasteiger partial charge in [-0.1, -0.05) is 151 Å². The van der Waals surface area contributed by atoms with Crippen LogP contribution >= 0.6 is 34.8 Å². The molecule has 2 aliphatic heterocycles. The summed E-state index contributed by atoms with van der Waals surface area (Å²) in [5.41, 5.74) is 5.15. The summed E-state index contributed by atoms with van der Waals surface area (Å²) in [6.45, 7) is 9.38. The van der Waals surface area contributed by atoms with Crippen molar-refractivity contribution in [1.29, 1.82) is 5.26 Å². The van der Waals surface area contributed by atoms with Gasteiger partial charge < -0.3 is 15.1 Å². The first-order valence-corrected chi connectivity index (χ1v) is 23.6. The van der Waals surface area contributed by atoms with Crippen molar-refractivity contribution in [1.82, 2.24) is 0 Å². The average Bonchev–Trinajstić information content (AvgIpc) is 3.57. The number of aliphatic carboxylic acids is 2. The molecule has 0 bridgehead atoms. The SMILES string of the molecule is CCCCCCCCCCC1(C)C(/C=C/C(C#N)=C/C=C2/N(CCC(=O)O)c3ccc(Cl)cc3C2(C)CCCCCCCCCC)=[N+](CCC(=O)O)c2cc(Cl)c(Cl)cc21. The molecule has 0 spiro atoms. The van der Waals surface area contributed by atoms with Gasteiger partial charge in [0.2, 0.25) is 5.69 Å². The lowest BCUT2D eigenvalue weighted by atomic mass is 9.75. The summed E-state index contributed by atoms with van der Waals surface area (Å²) in [5, 5.41) is 31.6. The van der Waals surface area contributed by atoms with Crippen molar-refractivity contribution in [2.45, 2.75) is 167 Å². The lowest BCUT2D eigenvalue weighted by molar-refractivity contribution is -0.436. The van der Waals surface area contributed by atoms with Gasteiger partial charge in [0.1, 0.15) is 6.42 Å². The Hall–Kier alpha value is -3.57. The van der Waals surface area contributed by atoms with Gasteiger partial charge in [-0.2, -0.15) is 9.84 Å². The molecule has 2 aromatic rings. The quantitative estimate of drug-likeness (QED) is 0.0401. The topological polar surface area (TPSA) is 105 Å². The number of halogens is 3. The van der Waals surface area contributed by atoms with E-state index in [-0.39, 0.29) is 25.9 Å². The normalized spacial score (nSPS) is 19.4. The molecule has 0 aromatic heterocycles. The van der Waals surface area contributed by atoms with Gasteiger partial charge in [0.15, 0.2) is 12.3 Å². The molecule has 0 fully saturated rings. The minimum absolute atomic E-state index is 0.0432. The lowest BCUT2D eigenvalue weighted by Gasteiger charge is -2.30. The highest BCUT2D eigenvalue weighted by Crippen LogP contribution is 2.52. The Morgan fingerprint density at radius 1 is 0.750 bits per heavy atom. The zero-order valence-electron chi connectivity index (χ0n) is 36.4. The van der Waals surface area contributed by atoms with Crippen LogP contribution in [0.2, 0.25) is 15.1 Å². The van der Waals surface area contributed by atoms with Crippen LogP contribution in [-0.4, -0.2) is 45.5 Å². The highest BCUT2D eigenvalue weighted by molar-refractivity contribution is 6.42. The number of fused-ring (bicyclic) bond motifs is 2. The molecule has 60 heavy (non-hydrogen) atoms. The van der Waals surface area contributed by atoms with Crippen molar-refractivity contribution in [2.75, 3.05) is 18.0 Å². The van der Waals surface area contributed by atoms with Crippen molar-refractivity contribution in [3.63, 3.8) is 0 Å². The Balaban J connectivity index is 1.73. The first kappa shape index (κ1) is 49.1. The second-order valence-corrected chi connectivity index (χ2v) is 18.4. The van der Waals surface area contributed by atoms with Gasteiger partial charge in [0.25, 0.3) is 0 Å². The third-order valence-corrected chi connectivity index (χ3v) is 13.6. The lowest BCUT2D eigenvalue weighted by Crippen LogP contribution is -2.31. The fourth-order valence-electron chi connectivity index (χ4n) is 9.18. The average molecular weight is 880 g/mol. The van der Waals surface area contributed by atoms with Crippen molar-refractivity contribution in [3.05, 3.63) is 92.1 Å². The minimum Gasteiger partial charge on any atom is -0.481 e. The molecule has 2 aliphatic rings. The van der Waals surface area contributed by atoms with Crippen LogP contribution in [0.3, 0.4) is 0 Å². The molecule has 2 aromatic carbocycles. The van der Waals surface area contributed by atoms with Gasteiger partial charge in [-0.25, -0.2) is 0 Å². The summed E-state index contributed by atoms with van der Waals surface area (Å²) in [6.07, 6.45) is 28.2. The number of anilines is 1. The van der Waals surface area contributed by atoms with E-state index in [2.05, 4.69) is 38.7 Å². The van der Waals surface area contributed by atoms with Crippen LogP contribution in [-0.2, 0) is 20.4 Å². The van der Waals surface area contributed by atoms with Gasteiger partial charge in [-0.3, -0.25) is 9.59 Å². The zero-order valence-corrected chi connectivity index (χ0v) is 38.7. The van der Waals surface area contributed by atoms with Crippen LogP contribution < -0.4 is 4.90 Å². The number of rotatable bonds is 27. The van der Waals surface area contributed by atoms with Crippen LogP contribution in [0.25, 0.3) is 0 Å². The summed E-state index contributed by atoms with van der Waals surface area (Å²) in [4.78, 5) is 25.9. The molecule has 7 nitrogen and oxygen atoms in total. The molecule has 2 N–H and O–H groups in total. The second kappa shape index (κ2) is 24.2. The largest absolute Gasteiger partial charge is 0.481 e. The maximum absolute atomic E-state index is 11.9. The Labute approximate surface area is 374 Å². The van der Waals surface area contributed by atoms with Crippen molar-refractivity contribution in [3.8, 4) is 6.07 Å². The van der Waals surface area contributed by atoms with Gasteiger partial charge >= 0.3 is 11.9 Å². The number of allylic oxidation sites excluding steroid dienone is 6. The van der Waals surface area contributed by atoms with Crippen LogP contribution in [0, 0.1) is 11.3 Å². The van der Waals surface area contributed by atoms with Crippen LogP contribution in [0.4, 0.5) is 11.4 Å². The van der Waals surface area contributed by atoms with Gasteiger partial charge in [0.05, 0.1) is 33.5 Å². The predicted octanol–water partition coefficient (Wildman–Crippen LogP) is 14.7. The first-order chi connectivity index (χ1) is 28.8.